The van der Waals surface area contributed by atoms with Crippen molar-refractivity contribution in [3.63, 3.8) is 0 Å². The van der Waals surface area contributed by atoms with E-state index >= 15 is 0 Å². The molecule has 0 amide bonds. The Balaban J connectivity index is 2.38. The molecule has 0 saturated carbocycles. The lowest BCUT2D eigenvalue weighted by Crippen LogP contribution is -2.35. The number of ether oxygens (including phenoxy) is 1. The molecule has 0 aliphatic carbocycles. The minimum atomic E-state index is 0.0839. The maximum Gasteiger partial charge on any atom is 0.160 e. The predicted molar refractivity (Wildman–Crippen MR) is 55.0 cm³/mol. The lowest BCUT2D eigenvalue weighted by Gasteiger charge is -2.29. The summed E-state index contributed by atoms with van der Waals surface area (Å²) in [6.07, 6.45) is 1.08. The maximum absolute atomic E-state index is 9.46. The Kier molecular flexibility index (Phi) is 2.52. The molecule has 4 heteroatoms. The van der Waals surface area contributed by atoms with Crippen LogP contribution >= 0.6 is 11.6 Å². The average Bonchev–Trinajstić information content (AvgIpc) is 2.06. The molecular weight excluding hydrogens is 202 g/mol. The first-order valence-electron chi connectivity index (χ1n) is 4.52. The van der Waals surface area contributed by atoms with Crippen molar-refractivity contribution in [1.82, 2.24) is 5.32 Å². The number of nitrogens with one attached hydrogen (secondary N) is 1. The van der Waals surface area contributed by atoms with Gasteiger partial charge < -0.3 is 15.2 Å². The van der Waals surface area contributed by atoms with Gasteiger partial charge in [0.15, 0.2) is 11.5 Å². The molecule has 1 saturated heterocycles. The molecule has 0 radical (unpaired) electrons. The maximum atomic E-state index is 9.46. The first kappa shape index (κ1) is 9.62. The molecule has 0 unspecified atom stereocenters. The van der Waals surface area contributed by atoms with E-state index in [0.717, 1.165) is 18.5 Å². The second-order valence-electron chi connectivity index (χ2n) is 3.34. The third kappa shape index (κ3) is 1.53. The van der Waals surface area contributed by atoms with Crippen LogP contribution in [0.5, 0.6) is 11.5 Å². The highest BCUT2D eigenvalue weighted by Gasteiger charge is 2.22. The largest absolute Gasteiger partial charge is 0.504 e. The van der Waals surface area contributed by atoms with Crippen molar-refractivity contribution >= 4 is 11.6 Å². The second-order valence-corrected chi connectivity index (χ2v) is 3.75. The van der Waals surface area contributed by atoms with Gasteiger partial charge in [-0.05, 0) is 24.6 Å². The Morgan fingerprint density at radius 2 is 2.29 bits per heavy atom. The number of halogens is 1. The van der Waals surface area contributed by atoms with Crippen LogP contribution in [0, 0.1) is 0 Å². The first-order chi connectivity index (χ1) is 6.72. The van der Waals surface area contributed by atoms with Gasteiger partial charge in [-0.2, -0.15) is 0 Å². The van der Waals surface area contributed by atoms with Crippen LogP contribution in [0.4, 0.5) is 0 Å². The molecule has 2 rings (SSSR count). The minimum absolute atomic E-state index is 0.0839. The number of aromatic hydroxyl groups is 1. The molecule has 2 N–H and O–H groups in total. The number of phenolic OH excluding ortho intramolecular Hbond substituents is 1. The van der Waals surface area contributed by atoms with Crippen LogP contribution in [0.25, 0.3) is 0 Å². The highest BCUT2D eigenvalue weighted by atomic mass is 35.5. The van der Waals surface area contributed by atoms with Crippen molar-refractivity contribution in [2.45, 2.75) is 12.5 Å². The lowest BCUT2D eigenvalue weighted by molar-refractivity contribution is 0.362. The zero-order chi connectivity index (χ0) is 10.1. The van der Waals surface area contributed by atoms with Crippen molar-refractivity contribution in [1.29, 1.82) is 0 Å². The molecule has 0 bridgehead atoms. The topological polar surface area (TPSA) is 41.5 Å². The zero-order valence-corrected chi connectivity index (χ0v) is 8.64. The Bertz CT molecular complexity index is 350. The highest BCUT2D eigenvalue weighted by Crippen LogP contribution is 2.37. The summed E-state index contributed by atoms with van der Waals surface area (Å²) >= 11 is 6.01. The van der Waals surface area contributed by atoms with Crippen LogP contribution in [-0.4, -0.2) is 18.8 Å². The van der Waals surface area contributed by atoms with Gasteiger partial charge in [-0.1, -0.05) is 11.6 Å². The quantitative estimate of drug-likeness (QED) is 0.791. The van der Waals surface area contributed by atoms with Crippen molar-refractivity contribution < 1.29 is 9.84 Å². The third-order valence-electron chi connectivity index (χ3n) is 2.50. The fourth-order valence-corrected chi connectivity index (χ4v) is 1.83. The predicted octanol–water partition coefficient (Wildman–Crippen LogP) is 2.09. The summed E-state index contributed by atoms with van der Waals surface area (Å²) < 4.78 is 5.02. The van der Waals surface area contributed by atoms with Crippen LogP contribution in [0.3, 0.4) is 0 Å². The van der Waals surface area contributed by atoms with E-state index in [-0.39, 0.29) is 5.75 Å². The smallest absolute Gasteiger partial charge is 0.160 e. The van der Waals surface area contributed by atoms with Crippen LogP contribution in [0.2, 0.25) is 5.02 Å². The van der Waals surface area contributed by atoms with Crippen molar-refractivity contribution in [3.05, 3.63) is 22.7 Å². The van der Waals surface area contributed by atoms with Gasteiger partial charge in [0.1, 0.15) is 0 Å². The molecule has 1 fully saturated rings. The van der Waals surface area contributed by atoms with Gasteiger partial charge in [-0.15, -0.1) is 0 Å². The summed E-state index contributed by atoms with van der Waals surface area (Å²) in [7, 11) is 1.53. The minimum Gasteiger partial charge on any atom is -0.504 e. The summed E-state index contributed by atoms with van der Waals surface area (Å²) in [4.78, 5) is 0. The van der Waals surface area contributed by atoms with Crippen molar-refractivity contribution in [3.8, 4) is 11.5 Å². The van der Waals surface area contributed by atoms with Gasteiger partial charge in [0.05, 0.1) is 7.11 Å². The SMILES string of the molecule is COc1cc([C@H]2CCN2)c(Cl)cc1O. The molecule has 1 heterocycles. The van der Waals surface area contributed by atoms with Gasteiger partial charge in [0.2, 0.25) is 0 Å². The Morgan fingerprint density at radius 1 is 1.57 bits per heavy atom. The van der Waals surface area contributed by atoms with E-state index in [4.69, 9.17) is 16.3 Å². The molecule has 3 nitrogen and oxygen atoms in total. The lowest BCUT2D eigenvalue weighted by atomic mass is 9.97. The average molecular weight is 214 g/mol. The summed E-state index contributed by atoms with van der Waals surface area (Å²) in [5, 5.41) is 13.3. The number of rotatable bonds is 2. The summed E-state index contributed by atoms with van der Waals surface area (Å²) in [6, 6.07) is 3.61. The number of hydrogen-bond donors (Lipinski definition) is 2. The highest BCUT2D eigenvalue weighted by molar-refractivity contribution is 6.31. The molecule has 1 aliphatic heterocycles. The number of phenols is 1. The van der Waals surface area contributed by atoms with E-state index in [1.807, 2.05) is 0 Å². The van der Waals surface area contributed by atoms with E-state index in [1.165, 1.54) is 13.2 Å². The van der Waals surface area contributed by atoms with E-state index < -0.39 is 0 Å². The number of hydrogen-bond acceptors (Lipinski definition) is 3. The van der Waals surface area contributed by atoms with E-state index in [0.29, 0.717) is 16.8 Å². The summed E-state index contributed by atoms with van der Waals surface area (Å²) in [6.45, 7) is 1.02. The zero-order valence-electron chi connectivity index (χ0n) is 7.88. The molecule has 1 aromatic carbocycles. The number of methoxy groups -OCH3 is 1. The molecule has 0 aromatic heterocycles. The van der Waals surface area contributed by atoms with Crippen LogP contribution in [-0.2, 0) is 0 Å². The fraction of sp³-hybridized carbons (Fsp3) is 0.400. The molecule has 76 valence electrons. The van der Waals surface area contributed by atoms with E-state index in [2.05, 4.69) is 5.32 Å². The molecule has 14 heavy (non-hydrogen) atoms. The van der Waals surface area contributed by atoms with Gasteiger partial charge in [-0.3, -0.25) is 0 Å². The Hall–Kier alpha value is -0.930. The third-order valence-corrected chi connectivity index (χ3v) is 2.82. The molecular formula is C10H12ClNO2. The van der Waals surface area contributed by atoms with Gasteiger partial charge in [-0.25, -0.2) is 0 Å². The van der Waals surface area contributed by atoms with Crippen molar-refractivity contribution in [2.24, 2.45) is 0 Å². The molecule has 1 aliphatic rings. The summed E-state index contributed by atoms with van der Waals surface area (Å²) in [5.41, 5.74) is 0.993. The molecule has 1 atom stereocenters. The monoisotopic (exact) mass is 213 g/mol. The van der Waals surface area contributed by atoms with Gasteiger partial charge in [0, 0.05) is 17.1 Å². The van der Waals surface area contributed by atoms with E-state index in [1.54, 1.807) is 6.07 Å². The standard InChI is InChI=1S/C10H12ClNO2/c1-14-10-4-6(8-2-3-12-8)7(11)5-9(10)13/h4-5,8,12-13H,2-3H2,1H3/t8-/m1/s1. The Morgan fingerprint density at radius 3 is 2.79 bits per heavy atom. The van der Waals surface area contributed by atoms with Gasteiger partial charge >= 0.3 is 0 Å². The normalized spacial score (nSPS) is 20.3. The van der Waals surface area contributed by atoms with Gasteiger partial charge in [0.25, 0.3) is 0 Å². The van der Waals surface area contributed by atoms with Crippen molar-refractivity contribution in [2.75, 3.05) is 13.7 Å². The second kappa shape index (κ2) is 3.67. The molecule has 1 aromatic rings. The Labute approximate surface area is 87.6 Å². The first-order valence-corrected chi connectivity index (χ1v) is 4.90. The van der Waals surface area contributed by atoms with E-state index in [9.17, 15) is 5.11 Å². The summed E-state index contributed by atoms with van der Waals surface area (Å²) in [5.74, 6) is 0.554. The van der Waals surface area contributed by atoms with Crippen LogP contribution in [0.15, 0.2) is 12.1 Å². The van der Waals surface area contributed by atoms with Crippen LogP contribution < -0.4 is 10.1 Å². The number of benzene rings is 1. The fourth-order valence-electron chi connectivity index (χ4n) is 1.54. The molecule has 0 spiro atoms. The van der Waals surface area contributed by atoms with Crippen LogP contribution in [0.1, 0.15) is 18.0 Å².